The van der Waals surface area contributed by atoms with Gasteiger partial charge >= 0.3 is 5.97 Å². The van der Waals surface area contributed by atoms with Crippen molar-refractivity contribution in [2.75, 3.05) is 12.4 Å². The molecule has 104 valence electrons. The molecule has 0 bridgehead atoms. The number of ether oxygens (including phenoxy) is 1. The predicted octanol–water partition coefficient (Wildman–Crippen LogP) is 3.72. The van der Waals surface area contributed by atoms with Crippen molar-refractivity contribution in [2.24, 2.45) is 0 Å². The van der Waals surface area contributed by atoms with Gasteiger partial charge in [0, 0.05) is 11.7 Å². The van der Waals surface area contributed by atoms with Crippen LogP contribution in [-0.4, -0.2) is 19.1 Å². The average Bonchev–Trinajstić information content (AvgIpc) is 2.48. The maximum absolute atomic E-state index is 11.2. The highest BCUT2D eigenvalue weighted by atomic mass is 16.5. The maximum Gasteiger partial charge on any atom is 0.307 e. The molecule has 2 rings (SSSR count). The van der Waals surface area contributed by atoms with Crippen LogP contribution in [0.1, 0.15) is 13.3 Å². The van der Waals surface area contributed by atoms with Gasteiger partial charge in [-0.25, -0.2) is 0 Å². The van der Waals surface area contributed by atoms with Crippen molar-refractivity contribution >= 4 is 11.7 Å². The van der Waals surface area contributed by atoms with Crippen LogP contribution in [0.3, 0.4) is 0 Å². The van der Waals surface area contributed by atoms with Gasteiger partial charge < -0.3 is 10.1 Å². The second-order valence-corrected chi connectivity index (χ2v) is 4.77. The fraction of sp³-hybridized carbons (Fsp3) is 0.235. The summed E-state index contributed by atoms with van der Waals surface area (Å²) >= 11 is 0. The normalized spacial score (nSPS) is 11.7. The molecule has 0 aliphatic rings. The van der Waals surface area contributed by atoms with Crippen molar-refractivity contribution < 1.29 is 9.53 Å². The number of nitrogens with one attached hydrogen (secondary N) is 1. The summed E-state index contributed by atoms with van der Waals surface area (Å²) in [6.07, 6.45) is 0.358. The van der Waals surface area contributed by atoms with Gasteiger partial charge in [-0.05, 0) is 30.2 Å². The van der Waals surface area contributed by atoms with E-state index in [2.05, 4.69) is 34.3 Å². The summed E-state index contributed by atoms with van der Waals surface area (Å²) in [6.45, 7) is 1.96. The zero-order valence-corrected chi connectivity index (χ0v) is 11.8. The van der Waals surface area contributed by atoms with Crippen LogP contribution in [0.4, 0.5) is 5.69 Å². The van der Waals surface area contributed by atoms with Gasteiger partial charge in [0.1, 0.15) is 0 Å². The number of hydrogen-bond donors (Lipinski definition) is 1. The Morgan fingerprint density at radius 2 is 1.65 bits per heavy atom. The first-order valence-electron chi connectivity index (χ1n) is 6.68. The van der Waals surface area contributed by atoms with Crippen LogP contribution in [0.5, 0.6) is 0 Å². The van der Waals surface area contributed by atoms with Gasteiger partial charge in [-0.15, -0.1) is 0 Å². The fourth-order valence-corrected chi connectivity index (χ4v) is 2.06. The monoisotopic (exact) mass is 269 g/mol. The van der Waals surface area contributed by atoms with Gasteiger partial charge in [0.25, 0.3) is 0 Å². The van der Waals surface area contributed by atoms with Gasteiger partial charge in [0.15, 0.2) is 0 Å². The van der Waals surface area contributed by atoms with Crippen LogP contribution in [0.2, 0.25) is 0 Å². The van der Waals surface area contributed by atoms with E-state index in [1.165, 1.54) is 18.2 Å². The zero-order chi connectivity index (χ0) is 14.4. The summed E-state index contributed by atoms with van der Waals surface area (Å²) in [5.41, 5.74) is 3.37. The van der Waals surface area contributed by atoms with Gasteiger partial charge in [-0.1, -0.05) is 42.5 Å². The molecule has 20 heavy (non-hydrogen) atoms. The van der Waals surface area contributed by atoms with E-state index >= 15 is 0 Å². The molecule has 1 atom stereocenters. The number of esters is 1. The lowest BCUT2D eigenvalue weighted by atomic mass is 10.1. The molecule has 0 spiro atoms. The molecule has 1 N–H and O–H groups in total. The van der Waals surface area contributed by atoms with Gasteiger partial charge in [-0.3, -0.25) is 4.79 Å². The Morgan fingerprint density at radius 3 is 2.25 bits per heavy atom. The largest absolute Gasteiger partial charge is 0.469 e. The van der Waals surface area contributed by atoms with E-state index in [9.17, 15) is 4.79 Å². The summed E-state index contributed by atoms with van der Waals surface area (Å²) < 4.78 is 4.66. The molecule has 0 saturated carbocycles. The first-order valence-corrected chi connectivity index (χ1v) is 6.68. The van der Waals surface area contributed by atoms with Crippen molar-refractivity contribution in [2.45, 2.75) is 19.4 Å². The van der Waals surface area contributed by atoms with Gasteiger partial charge in [0.2, 0.25) is 0 Å². The molecule has 2 aromatic carbocycles. The average molecular weight is 269 g/mol. The zero-order valence-electron chi connectivity index (χ0n) is 11.8. The second kappa shape index (κ2) is 6.75. The van der Waals surface area contributed by atoms with E-state index in [1.54, 1.807) is 0 Å². The molecule has 3 nitrogen and oxygen atoms in total. The molecule has 0 heterocycles. The highest BCUT2D eigenvalue weighted by molar-refractivity contribution is 5.71. The van der Waals surface area contributed by atoms with Crippen LogP contribution in [0, 0.1) is 0 Å². The molecule has 0 amide bonds. The number of carbonyl (C=O) groups excluding carboxylic acids is 1. The van der Waals surface area contributed by atoms with Crippen LogP contribution < -0.4 is 5.32 Å². The highest BCUT2D eigenvalue weighted by Crippen LogP contribution is 2.21. The fourth-order valence-electron chi connectivity index (χ4n) is 2.06. The maximum atomic E-state index is 11.2. The van der Waals surface area contributed by atoms with Crippen LogP contribution >= 0.6 is 0 Å². The van der Waals surface area contributed by atoms with Gasteiger partial charge in [0.05, 0.1) is 13.5 Å². The topological polar surface area (TPSA) is 38.3 Å². The number of carbonyl (C=O) groups is 1. The van der Waals surface area contributed by atoms with Crippen molar-refractivity contribution in [1.82, 2.24) is 0 Å². The Labute approximate surface area is 119 Å². The first-order chi connectivity index (χ1) is 9.69. The molecule has 0 aliphatic carbocycles. The molecule has 0 saturated heterocycles. The SMILES string of the molecule is COC(=O)CC(C)Nc1ccc(-c2ccccc2)cc1. The number of rotatable bonds is 5. The number of hydrogen-bond acceptors (Lipinski definition) is 3. The van der Waals surface area contributed by atoms with E-state index in [0.29, 0.717) is 6.42 Å². The summed E-state index contributed by atoms with van der Waals surface area (Å²) in [5.74, 6) is -0.203. The lowest BCUT2D eigenvalue weighted by Gasteiger charge is -2.14. The van der Waals surface area contributed by atoms with Crippen LogP contribution in [0.25, 0.3) is 11.1 Å². The van der Waals surface area contributed by atoms with Crippen molar-refractivity contribution in [1.29, 1.82) is 0 Å². The standard InChI is InChI=1S/C17H19NO2/c1-13(12-17(19)20-2)18-16-10-8-15(9-11-16)14-6-4-3-5-7-14/h3-11,13,18H,12H2,1-2H3. The van der Waals surface area contributed by atoms with E-state index in [1.807, 2.05) is 37.3 Å². The lowest BCUT2D eigenvalue weighted by molar-refractivity contribution is -0.140. The molecule has 2 aromatic rings. The summed E-state index contributed by atoms with van der Waals surface area (Å²) in [7, 11) is 1.41. The van der Waals surface area contributed by atoms with Crippen LogP contribution in [-0.2, 0) is 9.53 Å². The van der Waals surface area contributed by atoms with Crippen molar-refractivity contribution in [3.8, 4) is 11.1 Å². The molecular formula is C17H19NO2. The number of methoxy groups -OCH3 is 1. The van der Waals surface area contributed by atoms with E-state index in [4.69, 9.17) is 0 Å². The third-order valence-electron chi connectivity index (χ3n) is 3.11. The molecular weight excluding hydrogens is 250 g/mol. The summed E-state index contributed by atoms with van der Waals surface area (Å²) in [4.78, 5) is 11.2. The Hall–Kier alpha value is -2.29. The Morgan fingerprint density at radius 1 is 1.05 bits per heavy atom. The Bertz CT molecular complexity index is 549. The van der Waals surface area contributed by atoms with E-state index in [-0.39, 0.29) is 12.0 Å². The van der Waals surface area contributed by atoms with E-state index < -0.39 is 0 Å². The molecule has 0 aliphatic heterocycles. The van der Waals surface area contributed by atoms with Crippen LogP contribution in [0.15, 0.2) is 54.6 Å². The van der Waals surface area contributed by atoms with Gasteiger partial charge in [-0.2, -0.15) is 0 Å². The number of benzene rings is 2. The quantitative estimate of drug-likeness (QED) is 0.841. The molecule has 0 fully saturated rings. The smallest absolute Gasteiger partial charge is 0.307 e. The Balaban J connectivity index is 2.00. The minimum absolute atomic E-state index is 0.0463. The molecule has 0 radical (unpaired) electrons. The number of anilines is 1. The molecule has 1 unspecified atom stereocenters. The lowest BCUT2D eigenvalue weighted by Crippen LogP contribution is -2.20. The summed E-state index contributed by atoms with van der Waals surface area (Å²) in [6, 6.07) is 18.5. The second-order valence-electron chi connectivity index (χ2n) is 4.77. The Kier molecular flexibility index (Phi) is 4.77. The third kappa shape index (κ3) is 3.85. The summed E-state index contributed by atoms with van der Waals surface area (Å²) in [5, 5.41) is 3.28. The molecule has 0 aromatic heterocycles. The van der Waals surface area contributed by atoms with Crippen molar-refractivity contribution in [3.05, 3.63) is 54.6 Å². The predicted molar refractivity (Wildman–Crippen MR) is 81.6 cm³/mol. The highest BCUT2D eigenvalue weighted by Gasteiger charge is 2.08. The third-order valence-corrected chi connectivity index (χ3v) is 3.11. The first kappa shape index (κ1) is 14.1. The van der Waals surface area contributed by atoms with Crippen molar-refractivity contribution in [3.63, 3.8) is 0 Å². The molecule has 3 heteroatoms. The minimum Gasteiger partial charge on any atom is -0.469 e. The van der Waals surface area contributed by atoms with E-state index in [0.717, 1.165) is 5.69 Å². The minimum atomic E-state index is -0.203.